The highest BCUT2D eigenvalue weighted by atomic mass is 32.2. The van der Waals surface area contributed by atoms with Crippen LogP contribution in [-0.2, 0) is 34.8 Å². The van der Waals surface area contributed by atoms with Gasteiger partial charge in [0.25, 0.3) is 0 Å². The van der Waals surface area contributed by atoms with E-state index in [2.05, 4.69) is 21.8 Å². The number of carbonyl (C=O) groups is 1. The van der Waals surface area contributed by atoms with Gasteiger partial charge in [-0.25, -0.2) is 22.5 Å². The summed E-state index contributed by atoms with van der Waals surface area (Å²) < 4.78 is 45.3. The van der Waals surface area contributed by atoms with Crippen molar-refractivity contribution in [1.82, 2.24) is 14.3 Å². The first-order valence-electron chi connectivity index (χ1n) is 13.5. The number of benzene rings is 3. The Kier molecular flexibility index (Phi) is 7.02. The zero-order valence-electron chi connectivity index (χ0n) is 22.2. The minimum atomic E-state index is -4.09. The lowest BCUT2D eigenvalue weighted by Gasteiger charge is -2.29. The smallest absolute Gasteiger partial charge is 0.244 e. The van der Waals surface area contributed by atoms with E-state index < -0.39 is 21.9 Å². The molecule has 0 radical (unpaired) electrons. The number of carbonyl (C=O) groups excluding carboxylic acids is 1. The maximum absolute atomic E-state index is 14.4. The maximum Gasteiger partial charge on any atom is 0.244 e. The first-order valence-corrected chi connectivity index (χ1v) is 15.0. The van der Waals surface area contributed by atoms with Crippen LogP contribution in [-0.4, -0.2) is 23.9 Å². The van der Waals surface area contributed by atoms with Crippen molar-refractivity contribution in [3.8, 4) is 0 Å². The van der Waals surface area contributed by atoms with E-state index in [1.54, 1.807) is 11.1 Å². The summed E-state index contributed by atoms with van der Waals surface area (Å²) in [6.45, 7) is 0.296. The molecule has 3 aromatic carbocycles. The standard InChI is InChI=1S/C31H31FN4O3S/c1-35-17-16-33-30(35)20-36(31(37)26-19-24(26)21-8-3-2-4-9-21)23-15-14-22-10-7-12-28(25(22)18-23)34-40(38,39)29-13-6-5-11-27(29)32/h2-6,8-9,11,13-18,24,26,28,34H,7,10,12,19-20H2,1H3/t24-,26-,28-/m1/s1. The van der Waals surface area contributed by atoms with Gasteiger partial charge in [0.05, 0.1) is 6.54 Å². The average molecular weight is 559 g/mol. The van der Waals surface area contributed by atoms with Gasteiger partial charge >= 0.3 is 0 Å². The molecule has 40 heavy (non-hydrogen) atoms. The van der Waals surface area contributed by atoms with Crippen molar-refractivity contribution in [3.05, 3.63) is 114 Å². The van der Waals surface area contributed by atoms with Crippen molar-refractivity contribution in [3.63, 3.8) is 0 Å². The van der Waals surface area contributed by atoms with Crippen LogP contribution in [0.4, 0.5) is 10.1 Å². The van der Waals surface area contributed by atoms with Gasteiger partial charge in [0, 0.05) is 37.1 Å². The second-order valence-corrected chi connectivity index (χ2v) is 12.3. The zero-order chi connectivity index (χ0) is 27.9. The molecule has 1 saturated carbocycles. The monoisotopic (exact) mass is 558 g/mol. The molecule has 1 N–H and O–H groups in total. The SMILES string of the molecule is Cn1ccnc1CN(C(=O)[C@@H]1C[C@@H]1c1ccccc1)c1ccc2c(c1)[C@H](NS(=O)(=O)c1ccccc1F)CCC2. The Morgan fingerprint density at radius 2 is 1.88 bits per heavy atom. The summed E-state index contributed by atoms with van der Waals surface area (Å²) in [5, 5.41) is 0. The van der Waals surface area contributed by atoms with Crippen LogP contribution in [0.1, 0.15) is 53.7 Å². The summed E-state index contributed by atoms with van der Waals surface area (Å²) >= 11 is 0. The van der Waals surface area contributed by atoms with Crippen LogP contribution in [0, 0.1) is 11.7 Å². The quantitative estimate of drug-likeness (QED) is 0.320. The number of nitrogens with one attached hydrogen (secondary N) is 1. The predicted molar refractivity (Wildman–Crippen MR) is 151 cm³/mol. The third-order valence-corrected chi connectivity index (χ3v) is 9.51. The van der Waals surface area contributed by atoms with Crippen molar-refractivity contribution in [2.75, 3.05) is 4.90 Å². The van der Waals surface area contributed by atoms with Gasteiger partial charge in [0.2, 0.25) is 15.9 Å². The van der Waals surface area contributed by atoms with E-state index in [1.807, 2.05) is 54.2 Å². The van der Waals surface area contributed by atoms with E-state index in [0.29, 0.717) is 18.7 Å². The molecule has 1 aromatic heterocycles. The summed E-state index contributed by atoms with van der Waals surface area (Å²) in [7, 11) is -2.19. The number of nitrogens with zero attached hydrogens (tertiary/aromatic N) is 3. The highest BCUT2D eigenvalue weighted by Crippen LogP contribution is 2.49. The molecule has 1 heterocycles. The van der Waals surface area contributed by atoms with E-state index >= 15 is 0 Å². The van der Waals surface area contributed by atoms with Crippen molar-refractivity contribution >= 4 is 21.6 Å². The molecular formula is C31H31FN4O3S. The fourth-order valence-electron chi connectivity index (χ4n) is 5.71. The Bertz CT molecular complexity index is 1650. The number of rotatable bonds is 8. The number of anilines is 1. The van der Waals surface area contributed by atoms with Crippen LogP contribution >= 0.6 is 0 Å². The summed E-state index contributed by atoms with van der Waals surface area (Å²) in [5.74, 6) is 0.0319. The van der Waals surface area contributed by atoms with Gasteiger partial charge in [-0.05, 0) is 72.6 Å². The number of aromatic nitrogens is 2. The van der Waals surface area contributed by atoms with Crippen molar-refractivity contribution in [2.24, 2.45) is 13.0 Å². The number of hydrogen-bond acceptors (Lipinski definition) is 4. The number of fused-ring (bicyclic) bond motifs is 1. The van der Waals surface area contributed by atoms with E-state index in [1.165, 1.54) is 18.2 Å². The molecule has 0 spiro atoms. The third kappa shape index (κ3) is 5.19. The minimum Gasteiger partial charge on any atom is -0.337 e. The Labute approximate surface area is 233 Å². The summed E-state index contributed by atoms with van der Waals surface area (Å²) in [6.07, 6.45) is 6.53. The van der Waals surface area contributed by atoms with Gasteiger partial charge in [0.1, 0.15) is 16.5 Å². The number of amides is 1. The predicted octanol–water partition coefficient (Wildman–Crippen LogP) is 5.25. The van der Waals surface area contributed by atoms with Gasteiger partial charge in [-0.2, -0.15) is 0 Å². The molecule has 0 aliphatic heterocycles. The van der Waals surface area contributed by atoms with Crippen LogP contribution < -0.4 is 9.62 Å². The van der Waals surface area contributed by atoms with Gasteiger partial charge in [-0.1, -0.05) is 48.5 Å². The molecule has 206 valence electrons. The Morgan fingerprint density at radius 3 is 2.62 bits per heavy atom. The van der Waals surface area contributed by atoms with E-state index in [4.69, 9.17) is 0 Å². The number of hydrogen-bond donors (Lipinski definition) is 1. The lowest BCUT2D eigenvalue weighted by molar-refractivity contribution is -0.120. The van der Waals surface area contributed by atoms with Gasteiger partial charge in [0.15, 0.2) is 0 Å². The van der Waals surface area contributed by atoms with Gasteiger partial charge < -0.3 is 9.47 Å². The summed E-state index contributed by atoms with van der Waals surface area (Å²) in [5.41, 5.74) is 3.69. The highest BCUT2D eigenvalue weighted by molar-refractivity contribution is 7.89. The summed E-state index contributed by atoms with van der Waals surface area (Å²) in [4.78, 5) is 19.8. The molecule has 2 aliphatic carbocycles. The highest BCUT2D eigenvalue weighted by Gasteiger charge is 2.46. The molecule has 1 amide bonds. The molecule has 7 nitrogen and oxygen atoms in total. The van der Waals surface area contributed by atoms with Crippen LogP contribution in [0.2, 0.25) is 0 Å². The normalized spacial score (nSPS) is 20.1. The maximum atomic E-state index is 14.4. The Balaban J connectivity index is 1.32. The molecule has 9 heteroatoms. The van der Waals surface area contributed by atoms with Crippen LogP contribution in [0.5, 0.6) is 0 Å². The van der Waals surface area contributed by atoms with Crippen LogP contribution in [0.15, 0.2) is 90.1 Å². The van der Waals surface area contributed by atoms with E-state index in [0.717, 1.165) is 47.8 Å². The van der Waals surface area contributed by atoms with E-state index in [-0.39, 0.29) is 22.6 Å². The molecule has 3 atom stereocenters. The zero-order valence-corrected chi connectivity index (χ0v) is 23.0. The second kappa shape index (κ2) is 10.6. The number of sulfonamides is 1. The van der Waals surface area contributed by atoms with Gasteiger partial charge in [-0.3, -0.25) is 4.79 Å². The number of halogens is 1. The van der Waals surface area contributed by atoms with E-state index in [9.17, 15) is 17.6 Å². The summed E-state index contributed by atoms with van der Waals surface area (Å²) in [6, 6.07) is 20.8. The topological polar surface area (TPSA) is 84.3 Å². The van der Waals surface area contributed by atoms with Crippen LogP contribution in [0.3, 0.4) is 0 Å². The molecular weight excluding hydrogens is 527 g/mol. The minimum absolute atomic E-state index is 0.0242. The van der Waals surface area contributed by atoms with Gasteiger partial charge in [-0.15, -0.1) is 0 Å². The molecule has 0 bridgehead atoms. The third-order valence-electron chi connectivity index (χ3n) is 8.00. The molecule has 6 rings (SSSR count). The fourth-order valence-corrected chi connectivity index (χ4v) is 7.04. The lowest BCUT2D eigenvalue weighted by atomic mass is 9.87. The lowest BCUT2D eigenvalue weighted by Crippen LogP contribution is -2.34. The molecule has 4 aromatic rings. The molecule has 0 saturated heterocycles. The second-order valence-electron chi connectivity index (χ2n) is 10.6. The fraction of sp³-hybridized carbons (Fsp3) is 0.290. The largest absolute Gasteiger partial charge is 0.337 e. The Morgan fingerprint density at radius 1 is 1.10 bits per heavy atom. The van der Waals surface area contributed by atoms with Crippen molar-refractivity contribution in [1.29, 1.82) is 0 Å². The van der Waals surface area contributed by atoms with Crippen molar-refractivity contribution < 1.29 is 17.6 Å². The average Bonchev–Trinajstić information content (AvgIpc) is 3.66. The molecule has 1 fully saturated rings. The first-order chi connectivity index (χ1) is 19.3. The first kappa shape index (κ1) is 26.4. The molecule has 2 aliphatic rings. The molecule has 0 unspecified atom stereocenters. The van der Waals surface area contributed by atoms with Crippen molar-refractivity contribution in [2.45, 2.75) is 49.1 Å². The number of imidazole rings is 1. The number of aryl methyl sites for hydroxylation is 2. The van der Waals surface area contributed by atoms with Crippen LogP contribution in [0.25, 0.3) is 0 Å². The Hall–Kier alpha value is -3.82.